The first-order valence-corrected chi connectivity index (χ1v) is 8.89. The Morgan fingerprint density at radius 2 is 2.04 bits per heavy atom. The number of H-pyrrole nitrogens is 1. The zero-order valence-corrected chi connectivity index (χ0v) is 14.7. The highest BCUT2D eigenvalue weighted by Crippen LogP contribution is 2.50. The van der Waals surface area contributed by atoms with E-state index in [4.69, 9.17) is 11.6 Å². The van der Waals surface area contributed by atoms with E-state index in [1.165, 1.54) is 0 Å². The number of halogens is 1. The van der Waals surface area contributed by atoms with Crippen molar-refractivity contribution in [2.75, 3.05) is 13.1 Å². The van der Waals surface area contributed by atoms with Crippen molar-refractivity contribution in [2.45, 2.75) is 32.3 Å². The molecule has 0 spiro atoms. The SMILES string of the molecule is CC(C)C(=O)N1C[C@@H]2C[C@@](O)(c3cc(Cl)cc4[nH]ncc34)C[C@@H]2C1. The molecule has 1 aliphatic carbocycles. The van der Waals surface area contributed by atoms with Crippen molar-refractivity contribution in [1.82, 2.24) is 15.1 Å². The Kier molecular flexibility index (Phi) is 3.62. The second-order valence-corrected chi connectivity index (χ2v) is 8.08. The molecule has 1 saturated heterocycles. The number of benzene rings is 1. The highest BCUT2D eigenvalue weighted by atomic mass is 35.5. The maximum atomic E-state index is 12.2. The molecule has 2 heterocycles. The molecule has 2 aliphatic rings. The molecule has 4 rings (SSSR count). The van der Waals surface area contributed by atoms with E-state index < -0.39 is 5.60 Å². The fourth-order valence-corrected chi connectivity index (χ4v) is 4.74. The summed E-state index contributed by atoms with van der Waals surface area (Å²) >= 11 is 6.23. The quantitative estimate of drug-likeness (QED) is 0.877. The third-order valence-corrected chi connectivity index (χ3v) is 5.82. The van der Waals surface area contributed by atoms with Crippen LogP contribution in [0.3, 0.4) is 0 Å². The summed E-state index contributed by atoms with van der Waals surface area (Å²) < 4.78 is 0. The fraction of sp³-hybridized carbons (Fsp3) is 0.556. The van der Waals surface area contributed by atoms with E-state index >= 15 is 0 Å². The number of aromatic amines is 1. The predicted molar refractivity (Wildman–Crippen MR) is 92.6 cm³/mol. The van der Waals surface area contributed by atoms with Gasteiger partial charge in [0.25, 0.3) is 0 Å². The zero-order chi connectivity index (χ0) is 17.1. The number of amides is 1. The minimum absolute atomic E-state index is 0.0289. The van der Waals surface area contributed by atoms with Crippen LogP contribution >= 0.6 is 11.6 Å². The number of rotatable bonds is 2. The molecule has 2 fully saturated rings. The van der Waals surface area contributed by atoms with E-state index in [1.54, 1.807) is 6.20 Å². The maximum Gasteiger partial charge on any atom is 0.225 e. The topological polar surface area (TPSA) is 69.2 Å². The monoisotopic (exact) mass is 347 g/mol. The molecule has 3 atom stereocenters. The first-order valence-electron chi connectivity index (χ1n) is 8.51. The molecule has 0 radical (unpaired) electrons. The normalized spacial score (nSPS) is 29.6. The van der Waals surface area contributed by atoms with Crippen LogP contribution in [-0.2, 0) is 10.4 Å². The van der Waals surface area contributed by atoms with E-state index in [0.29, 0.717) is 29.7 Å². The van der Waals surface area contributed by atoms with E-state index in [1.807, 2.05) is 30.9 Å². The van der Waals surface area contributed by atoms with Crippen LogP contribution in [0.4, 0.5) is 0 Å². The molecule has 128 valence electrons. The summed E-state index contributed by atoms with van der Waals surface area (Å²) in [6.45, 7) is 5.38. The molecule has 2 N–H and O–H groups in total. The van der Waals surface area contributed by atoms with Gasteiger partial charge in [0.15, 0.2) is 0 Å². The summed E-state index contributed by atoms with van der Waals surface area (Å²) in [4.78, 5) is 14.2. The van der Waals surface area contributed by atoms with Gasteiger partial charge in [0.2, 0.25) is 5.91 Å². The Balaban J connectivity index is 1.61. The number of nitrogens with one attached hydrogen (secondary N) is 1. The van der Waals surface area contributed by atoms with Crippen LogP contribution in [0, 0.1) is 17.8 Å². The predicted octanol–water partition coefficient (Wildman–Crippen LogP) is 2.93. The van der Waals surface area contributed by atoms with Crippen LogP contribution in [0.25, 0.3) is 10.9 Å². The zero-order valence-electron chi connectivity index (χ0n) is 13.9. The highest BCUT2D eigenvalue weighted by Gasteiger charge is 2.50. The molecule has 1 saturated carbocycles. The van der Waals surface area contributed by atoms with Gasteiger partial charge in [-0.2, -0.15) is 5.10 Å². The van der Waals surface area contributed by atoms with Gasteiger partial charge in [0.1, 0.15) is 0 Å². The molecule has 6 heteroatoms. The summed E-state index contributed by atoms with van der Waals surface area (Å²) in [5.41, 5.74) is 0.810. The van der Waals surface area contributed by atoms with Gasteiger partial charge in [0.05, 0.1) is 17.3 Å². The molecule has 24 heavy (non-hydrogen) atoms. The number of aromatic nitrogens is 2. The van der Waals surface area contributed by atoms with Crippen LogP contribution < -0.4 is 0 Å². The van der Waals surface area contributed by atoms with Crippen LogP contribution in [0.15, 0.2) is 18.3 Å². The maximum absolute atomic E-state index is 12.2. The minimum Gasteiger partial charge on any atom is -0.385 e. The van der Waals surface area contributed by atoms with Crippen LogP contribution in [0.5, 0.6) is 0 Å². The van der Waals surface area contributed by atoms with Crippen molar-refractivity contribution in [2.24, 2.45) is 17.8 Å². The Labute approximate surface area is 146 Å². The van der Waals surface area contributed by atoms with Crippen molar-refractivity contribution < 1.29 is 9.90 Å². The van der Waals surface area contributed by atoms with Gasteiger partial charge in [-0.3, -0.25) is 9.89 Å². The van der Waals surface area contributed by atoms with Gasteiger partial charge >= 0.3 is 0 Å². The smallest absolute Gasteiger partial charge is 0.225 e. The average molecular weight is 348 g/mol. The molecule has 2 aromatic rings. The van der Waals surface area contributed by atoms with E-state index in [9.17, 15) is 9.90 Å². The molecule has 1 aromatic heterocycles. The first kappa shape index (κ1) is 15.9. The highest BCUT2D eigenvalue weighted by molar-refractivity contribution is 6.31. The van der Waals surface area contributed by atoms with Crippen LogP contribution in [0.1, 0.15) is 32.3 Å². The Bertz CT molecular complexity index is 787. The lowest BCUT2D eigenvalue weighted by Gasteiger charge is -2.27. The molecule has 1 aromatic carbocycles. The van der Waals surface area contributed by atoms with Crippen LogP contribution in [0.2, 0.25) is 5.02 Å². The summed E-state index contributed by atoms with van der Waals surface area (Å²) in [5, 5.41) is 19.9. The fourth-order valence-electron chi connectivity index (χ4n) is 4.52. The number of carbonyl (C=O) groups excluding carboxylic acids is 1. The number of hydrogen-bond acceptors (Lipinski definition) is 3. The van der Waals surface area contributed by atoms with E-state index in [0.717, 1.165) is 29.6 Å². The first-order chi connectivity index (χ1) is 11.4. The second kappa shape index (κ2) is 5.46. The lowest BCUT2D eigenvalue weighted by molar-refractivity contribution is -0.134. The molecule has 1 amide bonds. The van der Waals surface area contributed by atoms with Crippen molar-refractivity contribution in [3.63, 3.8) is 0 Å². The van der Waals surface area contributed by atoms with Crippen molar-refractivity contribution in [3.8, 4) is 0 Å². The summed E-state index contributed by atoms with van der Waals surface area (Å²) in [6, 6.07) is 3.69. The molecule has 0 bridgehead atoms. The lowest BCUT2D eigenvalue weighted by atomic mass is 9.88. The number of aliphatic hydroxyl groups is 1. The van der Waals surface area contributed by atoms with Gasteiger partial charge in [0, 0.05) is 29.4 Å². The number of hydrogen-bond donors (Lipinski definition) is 2. The standard InChI is InChI=1S/C18H22ClN3O2/c1-10(2)17(23)22-8-11-5-18(24,6-12(11)9-22)15-3-13(19)4-16-14(15)7-20-21-16/h3-4,7,10-12,24H,5-6,8-9H2,1-2H3,(H,20,21)/t11-,12+,18-. The Hall–Kier alpha value is -1.59. The molecule has 5 nitrogen and oxygen atoms in total. The van der Waals surface area contributed by atoms with Crippen LogP contribution in [-0.4, -0.2) is 39.2 Å². The van der Waals surface area contributed by atoms with Crippen molar-refractivity contribution in [1.29, 1.82) is 0 Å². The summed E-state index contributed by atoms with van der Waals surface area (Å²) in [5.74, 6) is 0.936. The van der Waals surface area contributed by atoms with Gasteiger partial charge < -0.3 is 10.0 Å². The minimum atomic E-state index is -0.894. The van der Waals surface area contributed by atoms with E-state index in [-0.39, 0.29) is 11.8 Å². The number of fused-ring (bicyclic) bond motifs is 2. The van der Waals surface area contributed by atoms with Gasteiger partial charge in [-0.05, 0) is 42.4 Å². The molecular formula is C18H22ClN3O2. The number of likely N-dealkylation sites (tertiary alicyclic amines) is 1. The lowest BCUT2D eigenvalue weighted by Crippen LogP contribution is -2.35. The average Bonchev–Trinajstić information content (AvgIpc) is 3.18. The Morgan fingerprint density at radius 1 is 1.38 bits per heavy atom. The molecule has 0 unspecified atom stereocenters. The van der Waals surface area contributed by atoms with Gasteiger partial charge in [-0.25, -0.2) is 0 Å². The summed E-state index contributed by atoms with van der Waals surface area (Å²) in [6.07, 6.45) is 3.09. The molecule has 1 aliphatic heterocycles. The number of nitrogens with zero attached hydrogens (tertiary/aromatic N) is 2. The third-order valence-electron chi connectivity index (χ3n) is 5.61. The van der Waals surface area contributed by atoms with Crippen molar-refractivity contribution >= 4 is 28.4 Å². The van der Waals surface area contributed by atoms with Gasteiger partial charge in [-0.1, -0.05) is 25.4 Å². The third kappa shape index (κ3) is 2.42. The van der Waals surface area contributed by atoms with Gasteiger partial charge in [-0.15, -0.1) is 0 Å². The van der Waals surface area contributed by atoms with Crippen molar-refractivity contribution in [3.05, 3.63) is 28.9 Å². The molecular weight excluding hydrogens is 326 g/mol. The second-order valence-electron chi connectivity index (χ2n) is 7.64. The summed E-state index contributed by atoms with van der Waals surface area (Å²) in [7, 11) is 0. The van der Waals surface area contributed by atoms with E-state index in [2.05, 4.69) is 10.2 Å². The number of carbonyl (C=O) groups is 1. The Morgan fingerprint density at radius 3 is 2.67 bits per heavy atom. The largest absolute Gasteiger partial charge is 0.385 e.